The molecule has 2 aromatic rings. The predicted octanol–water partition coefficient (Wildman–Crippen LogP) is 3.66. The molecule has 8 nitrogen and oxygen atoms in total. The highest BCUT2D eigenvalue weighted by Crippen LogP contribution is 2.32. The Morgan fingerprint density at radius 2 is 1.83 bits per heavy atom. The van der Waals surface area contributed by atoms with Crippen molar-refractivity contribution in [2.24, 2.45) is 5.10 Å². The number of amides is 2. The summed E-state index contributed by atoms with van der Waals surface area (Å²) in [5.74, 6) is 0.772. The van der Waals surface area contributed by atoms with Gasteiger partial charge in [0, 0.05) is 22.5 Å². The summed E-state index contributed by atoms with van der Waals surface area (Å²) < 4.78 is 16.2. The summed E-state index contributed by atoms with van der Waals surface area (Å²) in [6.07, 6.45) is -0.00140. The number of hydrazone groups is 1. The van der Waals surface area contributed by atoms with Crippen molar-refractivity contribution in [2.45, 2.75) is 13.3 Å². The van der Waals surface area contributed by atoms with Gasteiger partial charge in [0.2, 0.25) is 5.91 Å². The van der Waals surface area contributed by atoms with E-state index in [1.165, 1.54) is 6.07 Å². The van der Waals surface area contributed by atoms with Crippen molar-refractivity contribution >= 4 is 46.4 Å². The zero-order valence-corrected chi connectivity index (χ0v) is 17.5. The highest BCUT2D eigenvalue weighted by Gasteiger charge is 2.13. The molecule has 1 aliphatic heterocycles. The number of ether oxygens (including phenoxy) is 3. The van der Waals surface area contributed by atoms with E-state index in [0.29, 0.717) is 51.9 Å². The van der Waals surface area contributed by atoms with Gasteiger partial charge in [0.1, 0.15) is 19.0 Å². The summed E-state index contributed by atoms with van der Waals surface area (Å²) in [5, 5.41) is 7.41. The molecule has 30 heavy (non-hydrogen) atoms. The maximum atomic E-state index is 12.2. The Morgan fingerprint density at radius 3 is 2.60 bits per heavy atom. The molecule has 2 N–H and O–H groups in total. The van der Waals surface area contributed by atoms with Crippen molar-refractivity contribution in [3.63, 3.8) is 0 Å². The smallest absolute Gasteiger partial charge is 0.277 e. The maximum Gasteiger partial charge on any atom is 0.277 e. The van der Waals surface area contributed by atoms with Crippen molar-refractivity contribution in [2.75, 3.05) is 25.1 Å². The molecular weight excluding hydrogens is 433 g/mol. The van der Waals surface area contributed by atoms with Crippen LogP contribution in [0, 0.1) is 0 Å². The van der Waals surface area contributed by atoms with Crippen LogP contribution in [-0.4, -0.2) is 37.3 Å². The lowest BCUT2D eigenvalue weighted by Gasteiger charge is -2.19. The van der Waals surface area contributed by atoms with Crippen LogP contribution < -0.4 is 25.0 Å². The van der Waals surface area contributed by atoms with E-state index in [1.807, 2.05) is 0 Å². The SMILES string of the molecule is C/C(CC(=O)Nc1ccc2c(c1)OCCO2)=N\NC(=O)COc1ccc(Cl)cc1Cl. The van der Waals surface area contributed by atoms with Crippen LogP contribution in [0.1, 0.15) is 13.3 Å². The average molecular weight is 452 g/mol. The fourth-order valence-electron chi connectivity index (χ4n) is 2.52. The molecule has 158 valence electrons. The Balaban J connectivity index is 1.44. The Morgan fingerprint density at radius 1 is 1.07 bits per heavy atom. The highest BCUT2D eigenvalue weighted by atomic mass is 35.5. The number of carbonyl (C=O) groups is 2. The molecule has 0 saturated carbocycles. The Kier molecular flexibility index (Phi) is 7.37. The zero-order chi connectivity index (χ0) is 21.5. The average Bonchev–Trinajstić information content (AvgIpc) is 2.71. The van der Waals surface area contributed by atoms with Gasteiger partial charge in [-0.1, -0.05) is 23.2 Å². The van der Waals surface area contributed by atoms with E-state index >= 15 is 0 Å². The minimum Gasteiger partial charge on any atom is -0.486 e. The van der Waals surface area contributed by atoms with Crippen molar-refractivity contribution < 1.29 is 23.8 Å². The molecule has 0 radical (unpaired) electrons. The second-order valence-electron chi connectivity index (χ2n) is 6.33. The third-order valence-electron chi connectivity index (χ3n) is 3.87. The molecule has 0 bridgehead atoms. The quantitative estimate of drug-likeness (QED) is 0.494. The lowest BCUT2D eigenvalue weighted by atomic mass is 10.2. The van der Waals surface area contributed by atoms with Gasteiger partial charge in [-0.05, 0) is 37.3 Å². The number of hydrogen-bond acceptors (Lipinski definition) is 6. The van der Waals surface area contributed by atoms with Crippen LogP contribution in [0.25, 0.3) is 0 Å². The first-order chi connectivity index (χ1) is 14.4. The summed E-state index contributed by atoms with van der Waals surface area (Å²) in [6, 6.07) is 9.83. The van der Waals surface area contributed by atoms with E-state index in [1.54, 1.807) is 37.3 Å². The number of rotatable bonds is 7. The molecule has 0 atom stereocenters. The Labute approximate surface area is 183 Å². The van der Waals surface area contributed by atoms with Gasteiger partial charge >= 0.3 is 0 Å². The van der Waals surface area contributed by atoms with E-state index in [0.717, 1.165) is 0 Å². The van der Waals surface area contributed by atoms with Crippen LogP contribution in [0.15, 0.2) is 41.5 Å². The fourth-order valence-corrected chi connectivity index (χ4v) is 2.99. The number of halogens is 2. The second kappa shape index (κ2) is 10.2. The molecule has 1 heterocycles. The van der Waals surface area contributed by atoms with E-state index < -0.39 is 5.91 Å². The van der Waals surface area contributed by atoms with Gasteiger partial charge < -0.3 is 19.5 Å². The van der Waals surface area contributed by atoms with Gasteiger partial charge in [-0.2, -0.15) is 5.10 Å². The van der Waals surface area contributed by atoms with Gasteiger partial charge in [0.05, 0.1) is 11.4 Å². The van der Waals surface area contributed by atoms with Crippen LogP contribution in [0.3, 0.4) is 0 Å². The molecule has 0 fully saturated rings. The third kappa shape index (κ3) is 6.27. The van der Waals surface area contributed by atoms with E-state index in [9.17, 15) is 9.59 Å². The second-order valence-corrected chi connectivity index (χ2v) is 7.17. The van der Waals surface area contributed by atoms with Crippen LogP contribution in [0.4, 0.5) is 5.69 Å². The standard InChI is InChI=1S/C20H19Cl2N3O5/c1-12(24-25-20(27)11-30-16-4-2-13(21)9-15(16)22)8-19(26)23-14-3-5-17-18(10-14)29-7-6-28-17/h2-5,9-10H,6-8,11H2,1H3,(H,23,26)(H,25,27)/b24-12+. The van der Waals surface area contributed by atoms with Crippen molar-refractivity contribution in [1.82, 2.24) is 5.43 Å². The molecule has 0 saturated heterocycles. The lowest BCUT2D eigenvalue weighted by Crippen LogP contribution is -2.26. The molecule has 0 aromatic heterocycles. The van der Waals surface area contributed by atoms with Crippen LogP contribution in [0.5, 0.6) is 17.2 Å². The van der Waals surface area contributed by atoms with Gasteiger partial charge in [0.25, 0.3) is 5.91 Å². The predicted molar refractivity (Wildman–Crippen MR) is 114 cm³/mol. The van der Waals surface area contributed by atoms with Gasteiger partial charge in [-0.15, -0.1) is 0 Å². The number of nitrogens with zero attached hydrogens (tertiary/aromatic N) is 1. The number of hydrogen-bond donors (Lipinski definition) is 2. The molecule has 3 rings (SSSR count). The Bertz CT molecular complexity index is 981. The topological polar surface area (TPSA) is 98.3 Å². The molecule has 2 amide bonds. The summed E-state index contributed by atoms with van der Waals surface area (Å²) in [6.45, 7) is 2.30. The van der Waals surface area contributed by atoms with E-state index in [2.05, 4.69) is 15.8 Å². The number of anilines is 1. The molecule has 2 aromatic carbocycles. The first kappa shape index (κ1) is 21.7. The molecule has 0 unspecified atom stereocenters. The third-order valence-corrected chi connectivity index (χ3v) is 4.40. The molecule has 10 heteroatoms. The Hall–Kier alpha value is -2.97. The normalized spacial score (nSPS) is 12.8. The largest absolute Gasteiger partial charge is 0.486 e. The van der Waals surface area contributed by atoms with E-state index in [4.69, 9.17) is 37.4 Å². The summed E-state index contributed by atoms with van der Waals surface area (Å²) in [5.41, 5.74) is 3.33. The lowest BCUT2D eigenvalue weighted by molar-refractivity contribution is -0.123. The number of benzene rings is 2. The fraction of sp³-hybridized carbons (Fsp3) is 0.250. The first-order valence-electron chi connectivity index (χ1n) is 9.00. The molecular formula is C20H19Cl2N3O5. The summed E-state index contributed by atoms with van der Waals surface area (Å²) >= 11 is 11.8. The van der Waals surface area contributed by atoms with Crippen LogP contribution >= 0.6 is 23.2 Å². The number of fused-ring (bicyclic) bond motifs is 1. The van der Waals surface area contributed by atoms with Gasteiger partial charge in [0.15, 0.2) is 18.1 Å². The van der Waals surface area contributed by atoms with Gasteiger partial charge in [-0.25, -0.2) is 5.43 Å². The maximum absolute atomic E-state index is 12.2. The zero-order valence-electron chi connectivity index (χ0n) is 16.0. The van der Waals surface area contributed by atoms with Crippen LogP contribution in [0.2, 0.25) is 10.0 Å². The van der Waals surface area contributed by atoms with Crippen molar-refractivity contribution in [3.05, 3.63) is 46.4 Å². The number of nitrogens with one attached hydrogen (secondary N) is 2. The monoisotopic (exact) mass is 451 g/mol. The van der Waals surface area contributed by atoms with Crippen molar-refractivity contribution in [3.8, 4) is 17.2 Å². The summed E-state index contributed by atoms with van der Waals surface area (Å²) in [7, 11) is 0. The highest BCUT2D eigenvalue weighted by molar-refractivity contribution is 6.35. The molecule has 0 spiro atoms. The summed E-state index contributed by atoms with van der Waals surface area (Å²) in [4.78, 5) is 24.1. The minimum atomic E-state index is -0.493. The van der Waals surface area contributed by atoms with E-state index in [-0.39, 0.29) is 18.9 Å². The number of carbonyl (C=O) groups excluding carboxylic acids is 2. The molecule has 0 aliphatic carbocycles. The van der Waals surface area contributed by atoms with Crippen LogP contribution in [-0.2, 0) is 9.59 Å². The first-order valence-corrected chi connectivity index (χ1v) is 9.75. The molecule has 1 aliphatic rings. The minimum absolute atomic E-state index is 0.00140. The van der Waals surface area contributed by atoms with Gasteiger partial charge in [-0.3, -0.25) is 9.59 Å². The van der Waals surface area contributed by atoms with Crippen molar-refractivity contribution in [1.29, 1.82) is 0 Å².